The summed E-state index contributed by atoms with van der Waals surface area (Å²) in [6.45, 7) is 8.04. The normalized spacial score (nSPS) is 17.9. The monoisotopic (exact) mass is 398 g/mol. The van der Waals surface area contributed by atoms with Gasteiger partial charge in [-0.3, -0.25) is 0 Å². The highest BCUT2D eigenvalue weighted by Crippen LogP contribution is 2.26. The van der Waals surface area contributed by atoms with Crippen LogP contribution in [-0.4, -0.2) is 11.1 Å². The molecular formula is C25H34O4. The van der Waals surface area contributed by atoms with Crippen molar-refractivity contribution in [1.82, 2.24) is 0 Å². The standard InChI is InChI=1S/C25H34O4/c1-18(8-5-6-9-19(2)12-13-22-14-15-28-17-22)10-7-11-20(3)16-23-24(26)21(4)25(27)29-23/h9-10,14-17,20,26H,5-8,11-13H2,1-4H3/b18-10+,19-9-,23-16-/t20-/m1/s1. The van der Waals surface area contributed by atoms with E-state index in [2.05, 4.69) is 32.9 Å². The lowest BCUT2D eigenvalue weighted by atomic mass is 10.0. The molecule has 1 aromatic rings. The Balaban J connectivity index is 1.63. The van der Waals surface area contributed by atoms with Crippen LogP contribution in [0.25, 0.3) is 0 Å². The number of carbonyl (C=O) groups is 1. The maximum atomic E-state index is 11.4. The van der Waals surface area contributed by atoms with Crippen molar-refractivity contribution in [3.05, 3.63) is 70.6 Å². The molecular weight excluding hydrogens is 364 g/mol. The largest absolute Gasteiger partial charge is 0.504 e. The molecule has 1 aromatic heterocycles. The number of aliphatic hydroxyl groups excluding tert-OH is 1. The first kappa shape index (κ1) is 22.8. The first-order valence-corrected chi connectivity index (χ1v) is 10.5. The van der Waals surface area contributed by atoms with Gasteiger partial charge in [-0.2, -0.15) is 0 Å². The van der Waals surface area contributed by atoms with E-state index < -0.39 is 5.97 Å². The Morgan fingerprint density at radius 2 is 1.90 bits per heavy atom. The number of esters is 1. The van der Waals surface area contributed by atoms with Gasteiger partial charge in [0.1, 0.15) is 0 Å². The Bertz CT molecular complexity index is 791. The van der Waals surface area contributed by atoms with Gasteiger partial charge in [0.15, 0.2) is 11.5 Å². The van der Waals surface area contributed by atoms with Gasteiger partial charge in [0.2, 0.25) is 0 Å². The van der Waals surface area contributed by atoms with E-state index in [1.165, 1.54) is 23.1 Å². The number of furan rings is 1. The third-order valence-corrected chi connectivity index (χ3v) is 5.30. The molecule has 1 aliphatic heterocycles. The fraction of sp³-hybridized carbons (Fsp3) is 0.480. The Hall–Kier alpha value is -2.49. The summed E-state index contributed by atoms with van der Waals surface area (Å²) in [4.78, 5) is 11.4. The molecule has 158 valence electrons. The lowest BCUT2D eigenvalue weighted by Crippen LogP contribution is -1.97. The van der Waals surface area contributed by atoms with Crippen molar-refractivity contribution >= 4 is 5.97 Å². The highest BCUT2D eigenvalue weighted by atomic mass is 16.6. The van der Waals surface area contributed by atoms with Gasteiger partial charge in [-0.15, -0.1) is 0 Å². The Kier molecular flexibility index (Phi) is 9.04. The van der Waals surface area contributed by atoms with Gasteiger partial charge in [-0.1, -0.05) is 30.2 Å². The predicted molar refractivity (Wildman–Crippen MR) is 116 cm³/mol. The Morgan fingerprint density at radius 1 is 1.17 bits per heavy atom. The van der Waals surface area contributed by atoms with Crippen molar-refractivity contribution in [2.45, 2.75) is 72.6 Å². The molecule has 0 amide bonds. The predicted octanol–water partition coefficient (Wildman–Crippen LogP) is 6.96. The van der Waals surface area contributed by atoms with E-state index in [-0.39, 0.29) is 17.3 Å². The van der Waals surface area contributed by atoms with Crippen molar-refractivity contribution in [2.24, 2.45) is 5.92 Å². The number of aliphatic hydroxyl groups is 1. The van der Waals surface area contributed by atoms with Gasteiger partial charge in [0.05, 0.1) is 18.1 Å². The fourth-order valence-electron chi connectivity index (χ4n) is 3.26. The van der Waals surface area contributed by atoms with Crippen LogP contribution in [0.1, 0.15) is 71.8 Å². The highest BCUT2D eigenvalue weighted by molar-refractivity contribution is 5.93. The van der Waals surface area contributed by atoms with E-state index in [0.717, 1.165) is 38.5 Å². The lowest BCUT2D eigenvalue weighted by Gasteiger charge is -2.07. The smallest absolute Gasteiger partial charge is 0.343 e. The summed E-state index contributed by atoms with van der Waals surface area (Å²) in [6.07, 6.45) is 17.5. The van der Waals surface area contributed by atoms with Crippen LogP contribution in [0, 0.1) is 5.92 Å². The van der Waals surface area contributed by atoms with Gasteiger partial charge in [0.25, 0.3) is 0 Å². The number of unbranched alkanes of at least 4 members (excludes halogenated alkanes) is 1. The summed E-state index contributed by atoms with van der Waals surface area (Å²) in [5.74, 6) is 0.0514. The SMILES string of the molecule is CC1=C(O)/C(=C/[C@H](C)CC/C=C(\C)CCC/C=C(/C)CCc2ccoc2)OC1=O. The summed E-state index contributed by atoms with van der Waals surface area (Å²) in [6, 6.07) is 2.03. The number of cyclic esters (lactones) is 1. The molecule has 0 unspecified atom stereocenters. The van der Waals surface area contributed by atoms with E-state index in [1.807, 2.05) is 18.4 Å². The number of carbonyl (C=O) groups excluding carboxylic acids is 1. The molecule has 0 saturated carbocycles. The van der Waals surface area contributed by atoms with Crippen LogP contribution >= 0.6 is 0 Å². The van der Waals surface area contributed by atoms with Crippen LogP contribution in [0.5, 0.6) is 0 Å². The molecule has 2 rings (SSSR count). The Morgan fingerprint density at radius 3 is 2.55 bits per heavy atom. The molecule has 0 aromatic carbocycles. The zero-order chi connectivity index (χ0) is 21.2. The second kappa shape index (κ2) is 11.5. The molecule has 29 heavy (non-hydrogen) atoms. The summed E-state index contributed by atoms with van der Waals surface area (Å²) in [7, 11) is 0. The minimum Gasteiger partial charge on any atom is -0.504 e. The minimum absolute atomic E-state index is 0.0262. The lowest BCUT2D eigenvalue weighted by molar-refractivity contribution is -0.133. The van der Waals surface area contributed by atoms with Crippen LogP contribution in [-0.2, 0) is 16.0 Å². The van der Waals surface area contributed by atoms with Crippen molar-refractivity contribution < 1.29 is 19.1 Å². The first-order chi connectivity index (χ1) is 13.9. The minimum atomic E-state index is -0.456. The molecule has 1 N–H and O–H groups in total. The fourth-order valence-corrected chi connectivity index (χ4v) is 3.26. The number of allylic oxidation sites excluding steroid dienone is 5. The van der Waals surface area contributed by atoms with E-state index in [1.54, 1.807) is 13.2 Å². The first-order valence-electron chi connectivity index (χ1n) is 10.5. The van der Waals surface area contributed by atoms with E-state index >= 15 is 0 Å². The van der Waals surface area contributed by atoms with Gasteiger partial charge in [-0.25, -0.2) is 4.79 Å². The quantitative estimate of drug-likeness (QED) is 0.248. The van der Waals surface area contributed by atoms with Crippen LogP contribution in [0.2, 0.25) is 0 Å². The van der Waals surface area contributed by atoms with Crippen LogP contribution in [0.3, 0.4) is 0 Å². The summed E-state index contributed by atoms with van der Waals surface area (Å²) in [5, 5.41) is 9.88. The zero-order valence-corrected chi connectivity index (χ0v) is 18.2. The number of rotatable bonds is 11. The molecule has 4 nitrogen and oxygen atoms in total. The maximum Gasteiger partial charge on any atom is 0.343 e. The molecule has 0 aliphatic carbocycles. The number of hydrogen-bond donors (Lipinski definition) is 1. The van der Waals surface area contributed by atoms with Crippen LogP contribution in [0.15, 0.2) is 69.5 Å². The molecule has 0 bridgehead atoms. The molecule has 1 atom stereocenters. The van der Waals surface area contributed by atoms with Crippen LogP contribution in [0.4, 0.5) is 0 Å². The highest BCUT2D eigenvalue weighted by Gasteiger charge is 2.26. The van der Waals surface area contributed by atoms with Crippen molar-refractivity contribution in [2.75, 3.05) is 0 Å². The van der Waals surface area contributed by atoms with Crippen molar-refractivity contribution in [3.8, 4) is 0 Å². The molecule has 4 heteroatoms. The number of aryl methyl sites for hydroxylation is 1. The Labute approximate surface area is 174 Å². The van der Waals surface area contributed by atoms with Crippen molar-refractivity contribution in [3.63, 3.8) is 0 Å². The number of ether oxygens (including phenoxy) is 1. The number of hydrogen-bond acceptors (Lipinski definition) is 4. The second-order valence-corrected chi connectivity index (χ2v) is 8.07. The molecule has 2 heterocycles. The van der Waals surface area contributed by atoms with E-state index in [9.17, 15) is 9.90 Å². The molecule has 1 aliphatic rings. The molecule has 0 spiro atoms. The second-order valence-electron chi connectivity index (χ2n) is 8.07. The summed E-state index contributed by atoms with van der Waals surface area (Å²) >= 11 is 0. The van der Waals surface area contributed by atoms with Gasteiger partial charge in [0, 0.05) is 0 Å². The van der Waals surface area contributed by atoms with Gasteiger partial charge >= 0.3 is 5.97 Å². The van der Waals surface area contributed by atoms with Gasteiger partial charge in [-0.05, 0) is 89.3 Å². The topological polar surface area (TPSA) is 59.7 Å². The van der Waals surface area contributed by atoms with E-state index in [0.29, 0.717) is 5.76 Å². The third-order valence-electron chi connectivity index (χ3n) is 5.30. The average Bonchev–Trinajstić information content (AvgIpc) is 3.28. The summed E-state index contributed by atoms with van der Waals surface area (Å²) < 4.78 is 10.2. The average molecular weight is 399 g/mol. The summed E-state index contributed by atoms with van der Waals surface area (Å²) in [5.41, 5.74) is 4.40. The van der Waals surface area contributed by atoms with Crippen LogP contribution < -0.4 is 0 Å². The maximum absolute atomic E-state index is 11.4. The van der Waals surface area contributed by atoms with E-state index in [4.69, 9.17) is 9.15 Å². The molecule has 0 saturated heterocycles. The third kappa shape index (κ3) is 7.80. The van der Waals surface area contributed by atoms with Gasteiger partial charge < -0.3 is 14.3 Å². The molecule has 0 fully saturated rings. The zero-order valence-electron chi connectivity index (χ0n) is 18.2. The van der Waals surface area contributed by atoms with Crippen molar-refractivity contribution in [1.29, 1.82) is 0 Å². The molecule has 0 radical (unpaired) electrons.